The Hall–Kier alpha value is -0.380. The monoisotopic (exact) mass is 233 g/mol. The number of piperidine rings is 1. The zero-order chi connectivity index (χ0) is 8.97. The van der Waals surface area contributed by atoms with Gasteiger partial charge in [-0.05, 0) is 12.8 Å². The Labute approximate surface area is 80.2 Å². The second-order valence-corrected chi connectivity index (χ2v) is 3.58. The maximum Gasteiger partial charge on any atom is 0.209 e. The molecule has 1 amide bonds. The van der Waals surface area contributed by atoms with Gasteiger partial charge in [0.05, 0.1) is 5.33 Å². The summed E-state index contributed by atoms with van der Waals surface area (Å²) in [6, 6.07) is 0. The summed E-state index contributed by atoms with van der Waals surface area (Å²) >= 11 is 3.15. The van der Waals surface area contributed by atoms with Crippen LogP contribution in [0.5, 0.6) is 0 Å². The smallest absolute Gasteiger partial charge is 0.209 e. The van der Waals surface area contributed by atoms with Gasteiger partial charge in [0.15, 0.2) is 0 Å². The van der Waals surface area contributed by atoms with Crippen molar-refractivity contribution in [1.29, 1.82) is 0 Å². The lowest BCUT2D eigenvalue weighted by molar-refractivity contribution is -0.125. The predicted octanol–water partition coefficient (Wildman–Crippen LogP) is 0.819. The van der Waals surface area contributed by atoms with Crippen LogP contribution < -0.4 is 0 Å². The molecule has 0 spiro atoms. The van der Waals surface area contributed by atoms with Crippen molar-refractivity contribution >= 4 is 28.1 Å². The highest BCUT2D eigenvalue weighted by atomic mass is 79.9. The standard InChI is InChI=1S/C8H12BrNO2/c9-5-8(12)7-1-3-10(6-11)4-2-7/h6-7H,1-5H2. The Morgan fingerprint density at radius 2 is 2.08 bits per heavy atom. The van der Waals surface area contributed by atoms with Crippen molar-refractivity contribution in [2.24, 2.45) is 5.92 Å². The SMILES string of the molecule is O=CN1CCC(C(=O)CBr)CC1. The van der Waals surface area contributed by atoms with Gasteiger partial charge in [0.25, 0.3) is 0 Å². The van der Waals surface area contributed by atoms with E-state index in [1.807, 2.05) is 0 Å². The normalized spacial score (nSPS) is 19.2. The quantitative estimate of drug-likeness (QED) is 0.535. The topological polar surface area (TPSA) is 37.4 Å². The molecule has 1 heterocycles. The largest absolute Gasteiger partial charge is 0.345 e. The molecule has 0 N–H and O–H groups in total. The van der Waals surface area contributed by atoms with Crippen LogP contribution in [0, 0.1) is 5.92 Å². The maximum atomic E-state index is 11.2. The van der Waals surface area contributed by atoms with Crippen LogP contribution in [0.4, 0.5) is 0 Å². The molecule has 0 aromatic carbocycles. The number of Topliss-reactive ketones (excluding diaryl/α,β-unsaturated/α-hetero) is 1. The lowest BCUT2D eigenvalue weighted by Crippen LogP contribution is -2.35. The summed E-state index contributed by atoms with van der Waals surface area (Å²) in [6.45, 7) is 1.46. The first kappa shape index (κ1) is 9.71. The van der Waals surface area contributed by atoms with Crippen LogP contribution >= 0.6 is 15.9 Å². The highest BCUT2D eigenvalue weighted by Crippen LogP contribution is 2.17. The zero-order valence-electron chi connectivity index (χ0n) is 6.83. The summed E-state index contributed by atoms with van der Waals surface area (Å²) in [6.07, 6.45) is 2.50. The lowest BCUT2D eigenvalue weighted by atomic mass is 9.94. The van der Waals surface area contributed by atoms with Crippen LogP contribution in [0.15, 0.2) is 0 Å². The number of hydrogen-bond donors (Lipinski definition) is 0. The van der Waals surface area contributed by atoms with E-state index in [1.54, 1.807) is 4.90 Å². The number of carbonyl (C=O) groups is 2. The van der Waals surface area contributed by atoms with Gasteiger partial charge in [-0.3, -0.25) is 9.59 Å². The molecule has 0 aromatic heterocycles. The number of halogens is 1. The summed E-state index contributed by atoms with van der Waals surface area (Å²) in [5, 5.41) is 0.443. The van der Waals surface area contributed by atoms with Crippen LogP contribution in [-0.4, -0.2) is 35.5 Å². The summed E-state index contributed by atoms with van der Waals surface area (Å²) in [5.41, 5.74) is 0. The first-order valence-electron chi connectivity index (χ1n) is 4.06. The van der Waals surface area contributed by atoms with Crippen LogP contribution in [0.3, 0.4) is 0 Å². The Morgan fingerprint density at radius 1 is 1.50 bits per heavy atom. The Kier molecular flexibility index (Phi) is 3.72. The second-order valence-electron chi connectivity index (χ2n) is 3.02. The van der Waals surface area contributed by atoms with E-state index in [-0.39, 0.29) is 11.7 Å². The zero-order valence-corrected chi connectivity index (χ0v) is 8.42. The van der Waals surface area contributed by atoms with E-state index in [0.717, 1.165) is 32.3 Å². The average molecular weight is 234 g/mol. The minimum Gasteiger partial charge on any atom is -0.345 e. The summed E-state index contributed by atoms with van der Waals surface area (Å²) in [7, 11) is 0. The van der Waals surface area contributed by atoms with Crippen LogP contribution in [0.2, 0.25) is 0 Å². The van der Waals surface area contributed by atoms with Crippen molar-refractivity contribution in [2.45, 2.75) is 12.8 Å². The van der Waals surface area contributed by atoms with Gasteiger partial charge >= 0.3 is 0 Å². The molecular weight excluding hydrogens is 222 g/mol. The molecule has 1 aliphatic rings. The first-order valence-corrected chi connectivity index (χ1v) is 5.18. The van der Waals surface area contributed by atoms with E-state index in [9.17, 15) is 9.59 Å². The molecule has 1 saturated heterocycles. The number of ketones is 1. The summed E-state index contributed by atoms with van der Waals surface area (Å²) < 4.78 is 0. The van der Waals surface area contributed by atoms with Gasteiger partial charge in [-0.25, -0.2) is 0 Å². The van der Waals surface area contributed by atoms with Crippen molar-refractivity contribution in [3.63, 3.8) is 0 Å². The van der Waals surface area contributed by atoms with Crippen molar-refractivity contribution in [2.75, 3.05) is 18.4 Å². The minimum atomic E-state index is 0.167. The molecule has 12 heavy (non-hydrogen) atoms. The molecule has 1 rings (SSSR count). The third kappa shape index (κ3) is 2.30. The number of amides is 1. The van der Waals surface area contributed by atoms with Crippen molar-refractivity contribution < 1.29 is 9.59 Å². The molecule has 3 nitrogen and oxygen atoms in total. The highest BCUT2D eigenvalue weighted by Gasteiger charge is 2.22. The molecular formula is C8H12BrNO2. The van der Waals surface area contributed by atoms with Crippen molar-refractivity contribution in [3.05, 3.63) is 0 Å². The fraction of sp³-hybridized carbons (Fsp3) is 0.750. The minimum absolute atomic E-state index is 0.167. The Morgan fingerprint density at radius 3 is 2.50 bits per heavy atom. The summed E-state index contributed by atoms with van der Waals surface area (Å²) in [5.74, 6) is 0.432. The molecule has 0 aliphatic carbocycles. The molecule has 0 radical (unpaired) electrons. The van der Waals surface area contributed by atoms with Gasteiger partial charge in [0.2, 0.25) is 6.41 Å². The van der Waals surface area contributed by atoms with E-state index in [4.69, 9.17) is 0 Å². The molecule has 0 saturated carbocycles. The summed E-state index contributed by atoms with van der Waals surface area (Å²) in [4.78, 5) is 23.3. The maximum absolute atomic E-state index is 11.2. The fourth-order valence-corrected chi connectivity index (χ4v) is 1.89. The molecule has 4 heteroatoms. The van der Waals surface area contributed by atoms with Crippen molar-refractivity contribution in [1.82, 2.24) is 4.90 Å². The molecule has 0 atom stereocenters. The van der Waals surface area contributed by atoms with E-state index < -0.39 is 0 Å². The first-order chi connectivity index (χ1) is 5.77. The molecule has 1 aliphatic heterocycles. The lowest BCUT2D eigenvalue weighted by Gasteiger charge is -2.27. The van der Waals surface area contributed by atoms with Crippen LogP contribution in [0.1, 0.15) is 12.8 Å². The molecule has 1 fully saturated rings. The van der Waals surface area contributed by atoms with E-state index in [0.29, 0.717) is 5.33 Å². The Balaban J connectivity index is 2.35. The van der Waals surface area contributed by atoms with E-state index >= 15 is 0 Å². The average Bonchev–Trinajstić information content (AvgIpc) is 2.17. The third-order valence-corrected chi connectivity index (χ3v) is 2.82. The third-order valence-electron chi connectivity index (χ3n) is 2.27. The van der Waals surface area contributed by atoms with Gasteiger partial charge in [0, 0.05) is 19.0 Å². The molecule has 68 valence electrons. The van der Waals surface area contributed by atoms with Gasteiger partial charge in [-0.1, -0.05) is 15.9 Å². The van der Waals surface area contributed by atoms with Gasteiger partial charge in [-0.2, -0.15) is 0 Å². The van der Waals surface area contributed by atoms with E-state index in [2.05, 4.69) is 15.9 Å². The number of nitrogens with zero attached hydrogens (tertiary/aromatic N) is 1. The number of rotatable bonds is 3. The molecule has 0 unspecified atom stereocenters. The number of likely N-dealkylation sites (tertiary alicyclic amines) is 1. The van der Waals surface area contributed by atoms with Crippen molar-refractivity contribution in [3.8, 4) is 0 Å². The molecule has 0 bridgehead atoms. The van der Waals surface area contributed by atoms with Crippen LogP contribution in [-0.2, 0) is 9.59 Å². The highest BCUT2D eigenvalue weighted by molar-refractivity contribution is 9.09. The number of carbonyl (C=O) groups excluding carboxylic acids is 2. The Bertz CT molecular complexity index is 176. The van der Waals surface area contributed by atoms with Gasteiger partial charge < -0.3 is 4.90 Å². The predicted molar refractivity (Wildman–Crippen MR) is 49.2 cm³/mol. The van der Waals surface area contributed by atoms with Gasteiger partial charge in [0.1, 0.15) is 5.78 Å². The fourth-order valence-electron chi connectivity index (χ4n) is 1.44. The second kappa shape index (κ2) is 4.60. The van der Waals surface area contributed by atoms with Gasteiger partial charge in [-0.15, -0.1) is 0 Å². The molecule has 0 aromatic rings. The van der Waals surface area contributed by atoms with Crippen LogP contribution in [0.25, 0.3) is 0 Å². The number of alkyl halides is 1. The van der Waals surface area contributed by atoms with E-state index in [1.165, 1.54) is 0 Å². The number of hydrogen-bond acceptors (Lipinski definition) is 2.